The third kappa shape index (κ3) is 4.48. The molecule has 4 nitrogen and oxygen atoms in total. The van der Waals surface area contributed by atoms with Gasteiger partial charge in [-0.05, 0) is 46.7 Å². The average molecular weight is 321 g/mol. The number of nitrogens with one attached hydrogen (secondary N) is 1. The smallest absolute Gasteiger partial charge is 0.404 e. The predicted molar refractivity (Wildman–Crippen MR) is 64.8 cm³/mol. The fourth-order valence-corrected chi connectivity index (χ4v) is 1.76. The molecule has 1 unspecified atom stereocenters. The zero-order valence-corrected chi connectivity index (χ0v) is 10.1. The molecule has 0 aliphatic rings. The third-order valence-corrected chi connectivity index (χ3v) is 2.60. The zero-order valence-electron chi connectivity index (χ0n) is 7.98. The molecule has 1 atom stereocenters. The van der Waals surface area contributed by atoms with Crippen molar-refractivity contribution < 1.29 is 15.0 Å². The quantitative estimate of drug-likeness (QED) is 0.743. The average Bonchev–Trinajstić information content (AvgIpc) is 2.17. The lowest BCUT2D eigenvalue weighted by Gasteiger charge is -2.10. The molecule has 1 rings (SSSR count). The van der Waals surface area contributed by atoms with Crippen LogP contribution in [0.3, 0.4) is 0 Å². The summed E-state index contributed by atoms with van der Waals surface area (Å²) in [7, 11) is 0. The van der Waals surface area contributed by atoms with E-state index in [-0.39, 0.29) is 6.54 Å². The Bertz CT molecular complexity index is 343. The highest BCUT2D eigenvalue weighted by atomic mass is 127. The van der Waals surface area contributed by atoms with Gasteiger partial charge in [0.1, 0.15) is 0 Å². The molecule has 15 heavy (non-hydrogen) atoms. The highest BCUT2D eigenvalue weighted by Crippen LogP contribution is 2.18. The van der Waals surface area contributed by atoms with Crippen molar-refractivity contribution in [1.29, 1.82) is 0 Å². The van der Waals surface area contributed by atoms with Gasteiger partial charge in [0.15, 0.2) is 0 Å². The lowest BCUT2D eigenvalue weighted by Crippen LogP contribution is -2.23. The van der Waals surface area contributed by atoms with Crippen molar-refractivity contribution in [3.8, 4) is 0 Å². The van der Waals surface area contributed by atoms with Gasteiger partial charge in [-0.15, -0.1) is 0 Å². The van der Waals surface area contributed by atoms with E-state index in [2.05, 4.69) is 27.9 Å². The van der Waals surface area contributed by atoms with E-state index < -0.39 is 12.2 Å². The monoisotopic (exact) mass is 321 g/mol. The Kier molecular flexibility index (Phi) is 4.83. The normalized spacial score (nSPS) is 12.1. The van der Waals surface area contributed by atoms with Crippen LogP contribution < -0.4 is 5.32 Å². The third-order valence-electron chi connectivity index (χ3n) is 1.93. The maximum absolute atomic E-state index is 10.2. The second-order valence-corrected chi connectivity index (χ2v) is 4.34. The molecule has 0 aromatic heterocycles. The van der Waals surface area contributed by atoms with Gasteiger partial charge in [0.05, 0.1) is 6.10 Å². The molecule has 0 aliphatic heterocycles. The van der Waals surface area contributed by atoms with Crippen molar-refractivity contribution >= 4 is 28.7 Å². The number of aliphatic hydroxyl groups is 1. The van der Waals surface area contributed by atoms with Crippen LogP contribution in [0.1, 0.15) is 18.1 Å². The minimum atomic E-state index is -1.06. The first kappa shape index (κ1) is 12.3. The van der Waals surface area contributed by atoms with Gasteiger partial charge in [-0.1, -0.05) is 12.1 Å². The van der Waals surface area contributed by atoms with E-state index in [4.69, 9.17) is 5.11 Å². The van der Waals surface area contributed by atoms with Crippen LogP contribution in [0, 0.1) is 3.57 Å². The van der Waals surface area contributed by atoms with Crippen LogP contribution in [0.2, 0.25) is 0 Å². The summed E-state index contributed by atoms with van der Waals surface area (Å²) in [5.74, 6) is 0. The van der Waals surface area contributed by atoms with Crippen LogP contribution in [-0.4, -0.2) is 22.9 Å². The van der Waals surface area contributed by atoms with Crippen molar-refractivity contribution in [2.45, 2.75) is 12.5 Å². The number of amides is 1. The number of hydrogen-bond donors (Lipinski definition) is 3. The van der Waals surface area contributed by atoms with E-state index in [9.17, 15) is 9.90 Å². The summed E-state index contributed by atoms with van der Waals surface area (Å²) in [5, 5.41) is 20.3. The second kappa shape index (κ2) is 5.92. The van der Waals surface area contributed by atoms with Crippen molar-refractivity contribution in [3.05, 3.63) is 33.4 Å². The van der Waals surface area contributed by atoms with E-state index in [0.717, 1.165) is 9.13 Å². The summed E-state index contributed by atoms with van der Waals surface area (Å²) >= 11 is 2.17. The summed E-state index contributed by atoms with van der Waals surface area (Å²) in [4.78, 5) is 10.2. The Morgan fingerprint density at radius 3 is 2.87 bits per heavy atom. The van der Waals surface area contributed by atoms with Gasteiger partial charge in [-0.3, -0.25) is 0 Å². The molecule has 5 heteroatoms. The second-order valence-electron chi connectivity index (χ2n) is 3.09. The summed E-state index contributed by atoms with van der Waals surface area (Å²) in [5.41, 5.74) is 0.814. The molecule has 0 fully saturated rings. The molecule has 3 N–H and O–H groups in total. The Morgan fingerprint density at radius 1 is 1.53 bits per heavy atom. The van der Waals surface area contributed by atoms with Gasteiger partial charge in [0, 0.05) is 10.1 Å². The van der Waals surface area contributed by atoms with Gasteiger partial charge in [0.2, 0.25) is 0 Å². The molecule has 1 amide bonds. The fourth-order valence-electron chi connectivity index (χ4n) is 1.20. The first-order valence-corrected chi connectivity index (χ1v) is 5.58. The molecule has 0 heterocycles. The maximum Gasteiger partial charge on any atom is 0.404 e. The summed E-state index contributed by atoms with van der Waals surface area (Å²) in [6, 6.07) is 7.51. The number of benzene rings is 1. The fraction of sp³-hybridized carbons (Fsp3) is 0.300. The lowest BCUT2D eigenvalue weighted by molar-refractivity contribution is 0.162. The topological polar surface area (TPSA) is 69.6 Å². The standard InChI is InChI=1S/C10H12INO3/c11-8-3-1-2-7(6-8)9(13)4-5-12-10(14)15/h1-3,6,9,12-13H,4-5H2,(H,14,15). The summed E-state index contributed by atoms with van der Waals surface area (Å²) in [6.45, 7) is 0.252. The minimum Gasteiger partial charge on any atom is -0.465 e. The first-order chi connectivity index (χ1) is 7.09. The van der Waals surface area contributed by atoms with Gasteiger partial charge >= 0.3 is 6.09 Å². The van der Waals surface area contributed by atoms with Gasteiger partial charge < -0.3 is 15.5 Å². The molecule has 0 spiro atoms. The molecule has 1 aromatic rings. The number of rotatable bonds is 4. The first-order valence-electron chi connectivity index (χ1n) is 4.50. The molecule has 0 saturated carbocycles. The Balaban J connectivity index is 2.46. The Morgan fingerprint density at radius 2 is 2.27 bits per heavy atom. The van der Waals surface area contributed by atoms with Crippen LogP contribution in [-0.2, 0) is 0 Å². The molecular weight excluding hydrogens is 309 g/mol. The van der Waals surface area contributed by atoms with Crippen molar-refractivity contribution in [3.63, 3.8) is 0 Å². The number of carbonyl (C=O) groups is 1. The highest BCUT2D eigenvalue weighted by Gasteiger charge is 2.07. The van der Waals surface area contributed by atoms with E-state index in [0.29, 0.717) is 6.42 Å². The number of aliphatic hydroxyl groups excluding tert-OH is 1. The van der Waals surface area contributed by atoms with E-state index in [1.807, 2.05) is 24.3 Å². The number of hydrogen-bond acceptors (Lipinski definition) is 2. The molecule has 0 bridgehead atoms. The van der Waals surface area contributed by atoms with Crippen molar-refractivity contribution in [2.75, 3.05) is 6.54 Å². The Hall–Kier alpha value is -0.820. The van der Waals surface area contributed by atoms with E-state index in [1.54, 1.807) is 0 Å². The zero-order chi connectivity index (χ0) is 11.3. The molecule has 82 valence electrons. The van der Waals surface area contributed by atoms with E-state index >= 15 is 0 Å². The van der Waals surface area contributed by atoms with Crippen LogP contribution in [0.25, 0.3) is 0 Å². The summed E-state index contributed by atoms with van der Waals surface area (Å²) in [6.07, 6.45) is -1.30. The number of halogens is 1. The van der Waals surface area contributed by atoms with Crippen LogP contribution in [0.5, 0.6) is 0 Å². The van der Waals surface area contributed by atoms with Crippen molar-refractivity contribution in [2.24, 2.45) is 0 Å². The predicted octanol–water partition coefficient (Wildman–Crippen LogP) is 1.98. The minimum absolute atomic E-state index is 0.252. The van der Waals surface area contributed by atoms with Crippen LogP contribution in [0.15, 0.2) is 24.3 Å². The SMILES string of the molecule is O=C(O)NCCC(O)c1cccc(I)c1. The van der Waals surface area contributed by atoms with Crippen LogP contribution in [0.4, 0.5) is 4.79 Å². The molecule has 0 aliphatic carbocycles. The largest absolute Gasteiger partial charge is 0.465 e. The number of carboxylic acid groups (broad SMARTS) is 1. The molecule has 1 aromatic carbocycles. The molecule has 0 radical (unpaired) electrons. The van der Waals surface area contributed by atoms with Gasteiger partial charge in [0.25, 0.3) is 0 Å². The van der Waals surface area contributed by atoms with Gasteiger partial charge in [-0.25, -0.2) is 4.79 Å². The van der Waals surface area contributed by atoms with Crippen LogP contribution >= 0.6 is 22.6 Å². The lowest BCUT2D eigenvalue weighted by atomic mass is 10.1. The molecule has 0 saturated heterocycles. The Labute approximate surface area is 101 Å². The highest BCUT2D eigenvalue weighted by molar-refractivity contribution is 14.1. The molecular formula is C10H12INO3. The summed E-state index contributed by atoms with van der Waals surface area (Å²) < 4.78 is 1.05. The van der Waals surface area contributed by atoms with Crippen molar-refractivity contribution in [1.82, 2.24) is 5.32 Å². The van der Waals surface area contributed by atoms with Gasteiger partial charge in [-0.2, -0.15) is 0 Å². The maximum atomic E-state index is 10.2. The van der Waals surface area contributed by atoms with E-state index in [1.165, 1.54) is 0 Å².